The highest BCUT2D eigenvalue weighted by atomic mass is 32.2. The number of aromatic amines is 2. The molecule has 2 aromatic heterocycles. The van der Waals surface area contributed by atoms with Crippen LogP contribution >= 0.6 is 11.8 Å². The quantitative estimate of drug-likeness (QED) is 0.345. The summed E-state index contributed by atoms with van der Waals surface area (Å²) in [4.78, 5) is 34.1. The number of carbonyl (C=O) groups excluding carboxylic acids is 1. The van der Waals surface area contributed by atoms with Gasteiger partial charge in [0.05, 0.1) is 27.3 Å². The van der Waals surface area contributed by atoms with Gasteiger partial charge in [0.2, 0.25) is 5.91 Å². The third-order valence-corrected chi connectivity index (χ3v) is 5.46. The van der Waals surface area contributed by atoms with Gasteiger partial charge in [0.15, 0.2) is 5.16 Å². The van der Waals surface area contributed by atoms with Crippen molar-refractivity contribution in [3.63, 3.8) is 0 Å². The van der Waals surface area contributed by atoms with Crippen molar-refractivity contribution in [1.82, 2.24) is 19.5 Å². The number of imidazole rings is 2. The molecule has 0 bridgehead atoms. The Hall–Kier alpha value is -3.26. The van der Waals surface area contributed by atoms with Crippen LogP contribution in [0, 0.1) is 0 Å². The average Bonchev–Trinajstić information content (AvgIpc) is 3.21. The van der Waals surface area contributed by atoms with Crippen LogP contribution in [0.15, 0.2) is 65.1 Å². The zero-order chi connectivity index (χ0) is 19.7. The molecule has 0 saturated heterocycles. The second-order valence-electron chi connectivity index (χ2n) is 6.37. The number of rotatable bonds is 6. The van der Waals surface area contributed by atoms with E-state index in [4.69, 9.17) is 0 Å². The summed E-state index contributed by atoms with van der Waals surface area (Å²) in [5, 5.41) is 3.31. The lowest BCUT2D eigenvalue weighted by Gasteiger charge is -2.13. The van der Waals surface area contributed by atoms with Gasteiger partial charge in [-0.3, -0.25) is 4.79 Å². The van der Waals surface area contributed by atoms with Crippen LogP contribution < -0.4 is 11.0 Å². The molecule has 0 spiro atoms. The second kappa shape index (κ2) is 7.40. The molecule has 1 atom stereocenters. The van der Waals surface area contributed by atoms with Crippen LogP contribution in [0.25, 0.3) is 22.1 Å². The van der Waals surface area contributed by atoms with Crippen molar-refractivity contribution in [2.45, 2.75) is 23.9 Å². The first kappa shape index (κ1) is 18.1. The average molecular weight is 393 g/mol. The van der Waals surface area contributed by atoms with Crippen molar-refractivity contribution >= 4 is 45.4 Å². The highest BCUT2D eigenvalue weighted by Gasteiger charge is 2.19. The van der Waals surface area contributed by atoms with Crippen LogP contribution in [-0.2, 0) is 11.3 Å². The molecule has 0 aliphatic carbocycles. The Morgan fingerprint density at radius 3 is 2.89 bits per heavy atom. The fourth-order valence-electron chi connectivity index (χ4n) is 3.01. The van der Waals surface area contributed by atoms with Gasteiger partial charge in [-0.1, -0.05) is 30.0 Å². The number of aromatic nitrogens is 4. The van der Waals surface area contributed by atoms with Gasteiger partial charge >= 0.3 is 5.69 Å². The summed E-state index contributed by atoms with van der Waals surface area (Å²) in [5.74, 6) is -0.139. The molecule has 1 amide bonds. The van der Waals surface area contributed by atoms with Crippen LogP contribution in [0.3, 0.4) is 0 Å². The first-order chi connectivity index (χ1) is 13.5. The number of thioether (sulfide) groups is 1. The van der Waals surface area contributed by atoms with Crippen LogP contribution in [0.2, 0.25) is 0 Å². The summed E-state index contributed by atoms with van der Waals surface area (Å²) in [6.07, 6.45) is 1.82. The molecule has 142 valence electrons. The molecule has 8 heteroatoms. The van der Waals surface area contributed by atoms with E-state index in [-0.39, 0.29) is 16.8 Å². The Morgan fingerprint density at radius 2 is 2.07 bits per heavy atom. The van der Waals surface area contributed by atoms with Gasteiger partial charge in [0.25, 0.3) is 0 Å². The molecular formula is C20H19N5O2S. The van der Waals surface area contributed by atoms with E-state index in [0.717, 1.165) is 16.2 Å². The summed E-state index contributed by atoms with van der Waals surface area (Å²) in [6.45, 7) is 6.28. The van der Waals surface area contributed by atoms with Gasteiger partial charge in [-0.2, -0.15) is 0 Å². The molecule has 0 aliphatic rings. The summed E-state index contributed by atoms with van der Waals surface area (Å²) in [7, 11) is 0. The minimum absolute atomic E-state index is 0.139. The maximum Gasteiger partial charge on any atom is 0.323 e. The number of hydrogen-bond donors (Lipinski definition) is 3. The monoisotopic (exact) mass is 393 g/mol. The van der Waals surface area contributed by atoms with E-state index in [9.17, 15) is 9.59 Å². The van der Waals surface area contributed by atoms with Crippen molar-refractivity contribution in [3.8, 4) is 0 Å². The number of hydrogen-bond acceptors (Lipinski definition) is 4. The molecule has 3 N–H and O–H groups in total. The van der Waals surface area contributed by atoms with Crippen LogP contribution in [0.1, 0.15) is 6.92 Å². The van der Waals surface area contributed by atoms with Crippen molar-refractivity contribution in [2.24, 2.45) is 0 Å². The molecule has 1 unspecified atom stereocenters. The van der Waals surface area contributed by atoms with E-state index in [0.29, 0.717) is 23.3 Å². The lowest BCUT2D eigenvalue weighted by atomic mass is 10.2. The van der Waals surface area contributed by atoms with Crippen molar-refractivity contribution in [1.29, 1.82) is 0 Å². The van der Waals surface area contributed by atoms with Crippen LogP contribution in [0.5, 0.6) is 0 Å². The third kappa shape index (κ3) is 3.46. The summed E-state index contributed by atoms with van der Waals surface area (Å²) >= 11 is 1.40. The minimum Gasteiger partial charge on any atom is -0.325 e. The fourth-order valence-corrected chi connectivity index (χ4v) is 3.95. The van der Waals surface area contributed by atoms with E-state index in [1.165, 1.54) is 11.8 Å². The normalized spacial score (nSPS) is 12.3. The lowest BCUT2D eigenvalue weighted by molar-refractivity contribution is -0.115. The molecule has 0 aliphatic heterocycles. The molecule has 2 aromatic carbocycles. The van der Waals surface area contributed by atoms with Crippen LogP contribution in [-0.4, -0.2) is 30.7 Å². The largest absolute Gasteiger partial charge is 0.325 e. The Morgan fingerprint density at radius 1 is 1.29 bits per heavy atom. The van der Waals surface area contributed by atoms with Gasteiger partial charge in [-0.25, -0.2) is 9.78 Å². The molecule has 4 aromatic rings. The van der Waals surface area contributed by atoms with E-state index in [2.05, 4.69) is 26.8 Å². The third-order valence-electron chi connectivity index (χ3n) is 4.37. The highest BCUT2D eigenvalue weighted by molar-refractivity contribution is 8.00. The zero-order valence-corrected chi connectivity index (χ0v) is 16.0. The molecule has 0 saturated carbocycles. The molecule has 0 fully saturated rings. The highest BCUT2D eigenvalue weighted by Crippen LogP contribution is 2.28. The predicted molar refractivity (Wildman–Crippen MR) is 113 cm³/mol. The SMILES string of the molecule is C=CCn1c(SC(C)C(=O)Nc2ccc3[nH]c(=O)[nH]c3c2)nc2ccccc21. The number of nitrogens with one attached hydrogen (secondary N) is 3. The Kier molecular flexibility index (Phi) is 4.79. The standard InChI is InChI=1S/C20H19N5O2S/c1-3-10-25-17-7-5-4-6-15(17)24-20(25)28-12(2)18(26)21-13-8-9-14-16(11-13)23-19(27)22-14/h3-9,11-12H,1,10H2,2H3,(H,21,26)(H2,22,23,27). The van der Waals surface area contributed by atoms with Crippen LogP contribution in [0.4, 0.5) is 5.69 Å². The van der Waals surface area contributed by atoms with E-state index in [1.54, 1.807) is 18.2 Å². The number of fused-ring (bicyclic) bond motifs is 2. The summed E-state index contributed by atoms with van der Waals surface area (Å²) in [5.41, 5.74) is 3.60. The number of amides is 1. The van der Waals surface area contributed by atoms with E-state index < -0.39 is 0 Å². The van der Waals surface area contributed by atoms with Crippen molar-refractivity contribution < 1.29 is 4.79 Å². The molecular weight excluding hydrogens is 374 g/mol. The fraction of sp³-hybridized carbons (Fsp3) is 0.150. The van der Waals surface area contributed by atoms with Crippen molar-refractivity contribution in [3.05, 3.63) is 65.6 Å². The molecule has 2 heterocycles. The first-order valence-electron chi connectivity index (χ1n) is 8.81. The Balaban J connectivity index is 1.54. The smallest absolute Gasteiger partial charge is 0.323 e. The van der Waals surface area contributed by atoms with Crippen molar-refractivity contribution in [2.75, 3.05) is 5.32 Å². The topological polar surface area (TPSA) is 95.6 Å². The first-order valence-corrected chi connectivity index (χ1v) is 9.69. The van der Waals surface area contributed by atoms with E-state index >= 15 is 0 Å². The number of anilines is 1. The number of para-hydroxylation sites is 2. The Bertz CT molecular complexity index is 1240. The molecule has 4 rings (SSSR count). The molecule has 7 nitrogen and oxygen atoms in total. The number of carbonyl (C=O) groups is 1. The molecule has 28 heavy (non-hydrogen) atoms. The van der Waals surface area contributed by atoms with Gasteiger partial charge in [-0.15, -0.1) is 6.58 Å². The second-order valence-corrected chi connectivity index (χ2v) is 7.68. The Labute approximate surface area is 164 Å². The lowest BCUT2D eigenvalue weighted by Crippen LogP contribution is -2.22. The predicted octanol–water partition coefficient (Wildman–Crippen LogP) is 3.51. The number of nitrogens with zero attached hydrogens (tertiary/aromatic N) is 2. The van der Waals surface area contributed by atoms with Gasteiger partial charge in [0, 0.05) is 12.2 Å². The number of allylic oxidation sites excluding steroid dienone is 1. The number of benzene rings is 2. The number of H-pyrrole nitrogens is 2. The summed E-state index contributed by atoms with van der Waals surface area (Å²) < 4.78 is 2.05. The van der Waals surface area contributed by atoms with E-state index in [1.807, 2.05) is 41.8 Å². The molecule has 0 radical (unpaired) electrons. The maximum absolute atomic E-state index is 12.7. The summed E-state index contributed by atoms with van der Waals surface area (Å²) in [6, 6.07) is 13.1. The zero-order valence-electron chi connectivity index (χ0n) is 15.2. The van der Waals surface area contributed by atoms with Gasteiger partial charge < -0.3 is 19.9 Å². The minimum atomic E-state index is -0.360. The maximum atomic E-state index is 12.7. The van der Waals surface area contributed by atoms with Gasteiger partial charge in [-0.05, 0) is 37.3 Å². The van der Waals surface area contributed by atoms with Gasteiger partial charge in [0.1, 0.15) is 0 Å².